The van der Waals surface area contributed by atoms with E-state index in [-0.39, 0.29) is 18.2 Å². The fourth-order valence-electron chi connectivity index (χ4n) is 3.46. The van der Waals surface area contributed by atoms with E-state index in [0.29, 0.717) is 46.3 Å². The number of benzene rings is 2. The quantitative estimate of drug-likeness (QED) is 0.329. The van der Waals surface area contributed by atoms with Crippen LogP contribution in [0.3, 0.4) is 0 Å². The fraction of sp³-hybridized carbons (Fsp3) is 0.182. The minimum Gasteiger partial charge on any atom is -0.467 e. The van der Waals surface area contributed by atoms with Crippen molar-refractivity contribution in [1.82, 2.24) is 9.55 Å². The topological polar surface area (TPSA) is 53.4 Å². The fourth-order valence-corrected chi connectivity index (χ4v) is 5.12. The molecule has 0 bridgehead atoms. The van der Waals surface area contributed by atoms with Crippen molar-refractivity contribution in [3.05, 3.63) is 86.1 Å². The van der Waals surface area contributed by atoms with Crippen LogP contribution >= 0.6 is 23.1 Å². The normalized spacial score (nSPS) is 13.2. The lowest BCUT2D eigenvalue weighted by atomic mass is 10.1. The van der Waals surface area contributed by atoms with E-state index >= 15 is 0 Å². The molecule has 0 aliphatic carbocycles. The predicted molar refractivity (Wildman–Crippen MR) is 116 cm³/mol. The number of halogens is 1. The number of nitrogens with zero attached hydrogens (tertiary/aromatic N) is 2. The maximum Gasteiger partial charge on any atom is 0.262 e. The first-order valence-corrected chi connectivity index (χ1v) is 11.2. The Morgan fingerprint density at radius 3 is 2.97 bits per heavy atom. The third-order valence-electron chi connectivity index (χ3n) is 4.83. The minimum absolute atomic E-state index is 0.0811. The molecular formula is C22H17FN2O3S2. The Labute approximate surface area is 180 Å². The Morgan fingerprint density at radius 1 is 1.20 bits per heavy atom. The molecule has 0 unspecified atom stereocenters. The van der Waals surface area contributed by atoms with Crippen LogP contribution in [0.2, 0.25) is 0 Å². The van der Waals surface area contributed by atoms with Gasteiger partial charge in [0, 0.05) is 21.8 Å². The lowest BCUT2D eigenvalue weighted by Crippen LogP contribution is -2.23. The second-order valence-electron chi connectivity index (χ2n) is 6.83. The van der Waals surface area contributed by atoms with Gasteiger partial charge in [0.05, 0.1) is 24.1 Å². The largest absolute Gasteiger partial charge is 0.467 e. The Balaban J connectivity index is 1.54. The number of rotatable bonds is 5. The first-order chi connectivity index (χ1) is 14.7. The molecule has 2 aromatic carbocycles. The molecule has 1 aliphatic rings. The van der Waals surface area contributed by atoms with E-state index in [1.54, 1.807) is 22.0 Å². The van der Waals surface area contributed by atoms with Crippen molar-refractivity contribution in [1.29, 1.82) is 0 Å². The van der Waals surface area contributed by atoms with E-state index in [0.717, 1.165) is 10.4 Å². The number of thiophene rings is 1. The first-order valence-electron chi connectivity index (χ1n) is 9.35. The van der Waals surface area contributed by atoms with Crippen LogP contribution in [0.5, 0.6) is 5.75 Å². The van der Waals surface area contributed by atoms with Gasteiger partial charge in [-0.15, -0.1) is 11.3 Å². The highest BCUT2D eigenvalue weighted by Gasteiger charge is 2.19. The molecule has 0 radical (unpaired) electrons. The molecule has 5 nitrogen and oxygen atoms in total. The highest BCUT2D eigenvalue weighted by atomic mass is 32.2. The molecule has 3 heterocycles. The summed E-state index contributed by atoms with van der Waals surface area (Å²) in [7, 11) is 0. The molecule has 2 aromatic heterocycles. The number of ether oxygens (including phenoxy) is 2. The summed E-state index contributed by atoms with van der Waals surface area (Å²) < 4.78 is 26.7. The zero-order chi connectivity index (χ0) is 20.5. The molecule has 0 atom stereocenters. The molecule has 1 aliphatic heterocycles. The number of hydrogen-bond acceptors (Lipinski definition) is 6. The number of fused-ring (bicyclic) bond motifs is 2. The van der Waals surface area contributed by atoms with Crippen molar-refractivity contribution in [2.24, 2.45) is 0 Å². The molecule has 30 heavy (non-hydrogen) atoms. The summed E-state index contributed by atoms with van der Waals surface area (Å²) in [5.41, 5.74) is 1.99. The standard InChI is InChI=1S/C22H17FN2O3S2/c23-16-8-14-11-27-13-28-20(14)15(9-16)12-30-22-24-19-6-2-1-5-18(19)21(26)25(22)10-17-4-3-7-29-17/h1-9H,10-13H2. The monoisotopic (exact) mass is 440 g/mol. The predicted octanol–water partition coefficient (Wildman–Crippen LogP) is 4.80. The summed E-state index contributed by atoms with van der Waals surface area (Å²) in [6.07, 6.45) is 0. The van der Waals surface area contributed by atoms with Crippen molar-refractivity contribution in [2.75, 3.05) is 6.79 Å². The molecule has 0 fully saturated rings. The third kappa shape index (κ3) is 3.74. The van der Waals surface area contributed by atoms with Crippen LogP contribution in [0.4, 0.5) is 4.39 Å². The summed E-state index contributed by atoms with van der Waals surface area (Å²) in [6, 6.07) is 14.2. The van der Waals surface area contributed by atoms with Gasteiger partial charge in [-0.25, -0.2) is 9.37 Å². The van der Waals surface area contributed by atoms with Crippen LogP contribution in [0, 0.1) is 5.82 Å². The van der Waals surface area contributed by atoms with E-state index in [9.17, 15) is 9.18 Å². The van der Waals surface area contributed by atoms with Crippen molar-refractivity contribution >= 4 is 34.0 Å². The second kappa shape index (κ2) is 8.22. The summed E-state index contributed by atoms with van der Waals surface area (Å²) in [4.78, 5) is 19.0. The average molecular weight is 441 g/mol. The van der Waals surface area contributed by atoms with E-state index in [2.05, 4.69) is 0 Å². The maximum atomic E-state index is 14.1. The molecule has 0 spiro atoms. The van der Waals surface area contributed by atoms with Crippen molar-refractivity contribution in [3.63, 3.8) is 0 Å². The highest BCUT2D eigenvalue weighted by Crippen LogP contribution is 2.34. The number of hydrogen-bond donors (Lipinski definition) is 0. The average Bonchev–Trinajstić information content (AvgIpc) is 3.27. The van der Waals surface area contributed by atoms with Crippen LogP contribution in [0.1, 0.15) is 16.0 Å². The van der Waals surface area contributed by atoms with Gasteiger partial charge in [-0.3, -0.25) is 9.36 Å². The SMILES string of the molecule is O=c1c2ccccc2nc(SCc2cc(F)cc3c2OCOC3)n1Cc1cccs1. The van der Waals surface area contributed by atoms with Gasteiger partial charge < -0.3 is 9.47 Å². The molecule has 5 rings (SSSR count). The van der Waals surface area contributed by atoms with E-state index in [1.165, 1.54) is 23.9 Å². The van der Waals surface area contributed by atoms with Crippen LogP contribution in [-0.2, 0) is 23.6 Å². The molecule has 0 saturated heterocycles. The van der Waals surface area contributed by atoms with Gasteiger partial charge in [0.15, 0.2) is 11.9 Å². The van der Waals surface area contributed by atoms with Crippen molar-refractivity contribution < 1.29 is 13.9 Å². The highest BCUT2D eigenvalue weighted by molar-refractivity contribution is 7.98. The minimum atomic E-state index is -0.333. The first kappa shape index (κ1) is 19.3. The van der Waals surface area contributed by atoms with Crippen LogP contribution in [-0.4, -0.2) is 16.3 Å². The van der Waals surface area contributed by atoms with E-state index < -0.39 is 0 Å². The Morgan fingerprint density at radius 2 is 2.10 bits per heavy atom. The van der Waals surface area contributed by atoms with Gasteiger partial charge in [0.25, 0.3) is 5.56 Å². The molecule has 8 heteroatoms. The Hall–Kier alpha value is -2.68. The second-order valence-corrected chi connectivity index (χ2v) is 8.81. The van der Waals surface area contributed by atoms with Crippen LogP contribution in [0.25, 0.3) is 10.9 Å². The van der Waals surface area contributed by atoms with E-state index in [1.807, 2.05) is 35.7 Å². The number of aromatic nitrogens is 2. The van der Waals surface area contributed by atoms with Crippen LogP contribution in [0.15, 0.2) is 63.9 Å². The summed E-state index contributed by atoms with van der Waals surface area (Å²) in [5.74, 6) is 0.749. The summed E-state index contributed by atoms with van der Waals surface area (Å²) in [5, 5.41) is 3.17. The molecule has 4 aromatic rings. The lowest BCUT2D eigenvalue weighted by molar-refractivity contribution is -0.0171. The number of thioether (sulfide) groups is 1. The maximum absolute atomic E-state index is 14.1. The molecular weight excluding hydrogens is 423 g/mol. The zero-order valence-electron chi connectivity index (χ0n) is 15.8. The summed E-state index contributed by atoms with van der Waals surface area (Å²) >= 11 is 3.00. The van der Waals surface area contributed by atoms with Gasteiger partial charge in [-0.1, -0.05) is 30.0 Å². The zero-order valence-corrected chi connectivity index (χ0v) is 17.5. The van der Waals surface area contributed by atoms with Gasteiger partial charge in [0.2, 0.25) is 0 Å². The summed E-state index contributed by atoms with van der Waals surface area (Å²) in [6.45, 7) is 0.915. The van der Waals surface area contributed by atoms with Gasteiger partial charge in [0.1, 0.15) is 11.6 Å². The van der Waals surface area contributed by atoms with Crippen molar-refractivity contribution in [2.45, 2.75) is 24.1 Å². The Kier molecular flexibility index (Phi) is 5.28. The molecule has 152 valence electrons. The van der Waals surface area contributed by atoms with Gasteiger partial charge in [-0.2, -0.15) is 0 Å². The smallest absolute Gasteiger partial charge is 0.262 e. The Bertz CT molecular complexity index is 1270. The lowest BCUT2D eigenvalue weighted by Gasteiger charge is -2.21. The van der Waals surface area contributed by atoms with Gasteiger partial charge in [-0.05, 0) is 35.7 Å². The molecule has 0 N–H and O–H groups in total. The molecule has 0 saturated carbocycles. The van der Waals surface area contributed by atoms with Crippen molar-refractivity contribution in [3.8, 4) is 5.75 Å². The third-order valence-corrected chi connectivity index (χ3v) is 6.72. The van der Waals surface area contributed by atoms with Crippen LogP contribution < -0.4 is 10.3 Å². The van der Waals surface area contributed by atoms with E-state index in [4.69, 9.17) is 14.5 Å². The molecule has 0 amide bonds. The van der Waals surface area contributed by atoms with Gasteiger partial charge >= 0.3 is 0 Å². The number of para-hydroxylation sites is 1.